The average Bonchev–Trinajstić information content (AvgIpc) is 2.78. The van der Waals surface area contributed by atoms with E-state index in [2.05, 4.69) is 10.5 Å². The second-order valence-corrected chi connectivity index (χ2v) is 9.24. The van der Waals surface area contributed by atoms with Crippen molar-refractivity contribution in [2.75, 3.05) is 20.2 Å². The zero-order valence-corrected chi connectivity index (χ0v) is 18.1. The van der Waals surface area contributed by atoms with E-state index in [4.69, 9.17) is 4.74 Å². The minimum absolute atomic E-state index is 0.135. The van der Waals surface area contributed by atoms with Gasteiger partial charge < -0.3 is 4.74 Å². The van der Waals surface area contributed by atoms with Gasteiger partial charge in [0.15, 0.2) is 0 Å². The average molecular weight is 430 g/mol. The van der Waals surface area contributed by atoms with Crippen molar-refractivity contribution < 1.29 is 17.9 Å². The zero-order chi connectivity index (χ0) is 21.6. The number of hydrogen-bond donors (Lipinski definition) is 1. The molecular weight excluding hydrogens is 402 g/mol. The zero-order valence-electron chi connectivity index (χ0n) is 17.3. The molecule has 0 saturated carbocycles. The van der Waals surface area contributed by atoms with Crippen molar-refractivity contribution in [1.82, 2.24) is 9.73 Å². The number of methoxy groups -OCH3 is 1. The molecule has 1 saturated heterocycles. The van der Waals surface area contributed by atoms with Gasteiger partial charge in [-0.2, -0.15) is 9.41 Å². The number of nitrogens with zero attached hydrogens (tertiary/aromatic N) is 2. The quantitative estimate of drug-likeness (QED) is 0.541. The topological polar surface area (TPSA) is 88.1 Å². The first-order valence-corrected chi connectivity index (χ1v) is 11.4. The van der Waals surface area contributed by atoms with E-state index in [1.807, 2.05) is 31.2 Å². The molecule has 0 aromatic heterocycles. The highest BCUT2D eigenvalue weighted by Gasteiger charge is 2.26. The Morgan fingerprint density at radius 3 is 2.47 bits per heavy atom. The summed E-state index contributed by atoms with van der Waals surface area (Å²) in [4.78, 5) is 12.6. The molecule has 0 bridgehead atoms. The van der Waals surface area contributed by atoms with Crippen molar-refractivity contribution in [1.29, 1.82) is 0 Å². The van der Waals surface area contributed by atoms with Gasteiger partial charge in [0.2, 0.25) is 10.0 Å². The predicted octanol–water partition coefficient (Wildman–Crippen LogP) is 3.22. The second kappa shape index (κ2) is 9.86. The van der Waals surface area contributed by atoms with Crippen LogP contribution in [0.1, 0.15) is 42.1 Å². The van der Waals surface area contributed by atoms with Crippen LogP contribution in [0.3, 0.4) is 0 Å². The fraction of sp³-hybridized carbons (Fsp3) is 0.364. The summed E-state index contributed by atoms with van der Waals surface area (Å²) in [6, 6.07) is 13.7. The van der Waals surface area contributed by atoms with E-state index in [9.17, 15) is 13.2 Å². The predicted molar refractivity (Wildman–Crippen MR) is 116 cm³/mol. The molecule has 8 heteroatoms. The van der Waals surface area contributed by atoms with Gasteiger partial charge in [0, 0.05) is 30.8 Å². The highest BCUT2D eigenvalue weighted by molar-refractivity contribution is 7.89. The Bertz CT molecular complexity index is 1010. The smallest absolute Gasteiger partial charge is 0.271 e. The third-order valence-electron chi connectivity index (χ3n) is 5.02. The standard InChI is InChI=1S/C22H27N3O4S/c1-17(15-18-9-11-20(29-2)12-10-18)23-24-22(26)19-7-6-8-21(16-19)30(27,28)25-13-4-3-5-14-25/h6-12,16H,3-5,13-15H2,1-2H3,(H,24,26). The molecule has 30 heavy (non-hydrogen) atoms. The van der Waals surface area contributed by atoms with Crippen LogP contribution in [0.5, 0.6) is 5.75 Å². The van der Waals surface area contributed by atoms with E-state index in [1.54, 1.807) is 19.2 Å². The maximum atomic E-state index is 12.8. The van der Waals surface area contributed by atoms with Crippen molar-refractivity contribution in [2.45, 2.75) is 37.5 Å². The summed E-state index contributed by atoms with van der Waals surface area (Å²) in [5, 5.41) is 4.15. The molecule has 1 N–H and O–H groups in total. The molecule has 1 fully saturated rings. The molecule has 2 aromatic carbocycles. The molecule has 1 aliphatic rings. The van der Waals surface area contributed by atoms with Crippen LogP contribution < -0.4 is 10.2 Å². The number of hydrazone groups is 1. The van der Waals surface area contributed by atoms with Gasteiger partial charge in [-0.3, -0.25) is 4.79 Å². The maximum absolute atomic E-state index is 12.8. The van der Waals surface area contributed by atoms with Gasteiger partial charge in [0.1, 0.15) is 5.75 Å². The van der Waals surface area contributed by atoms with E-state index in [0.29, 0.717) is 19.5 Å². The largest absolute Gasteiger partial charge is 0.497 e. The molecule has 0 spiro atoms. The van der Waals surface area contributed by atoms with Crippen LogP contribution >= 0.6 is 0 Å². The van der Waals surface area contributed by atoms with Crippen molar-refractivity contribution >= 4 is 21.6 Å². The van der Waals surface area contributed by atoms with Gasteiger partial charge in [-0.1, -0.05) is 24.6 Å². The summed E-state index contributed by atoms with van der Waals surface area (Å²) in [5.74, 6) is 0.334. The molecule has 0 aliphatic carbocycles. The molecule has 7 nitrogen and oxygen atoms in total. The van der Waals surface area contributed by atoms with Gasteiger partial charge in [0.05, 0.1) is 12.0 Å². The van der Waals surface area contributed by atoms with Gasteiger partial charge in [-0.25, -0.2) is 13.8 Å². The highest BCUT2D eigenvalue weighted by Crippen LogP contribution is 2.21. The van der Waals surface area contributed by atoms with Crippen LogP contribution in [0.15, 0.2) is 58.5 Å². The Kier molecular flexibility index (Phi) is 7.23. The first kappa shape index (κ1) is 22.0. The number of piperidine rings is 1. The number of nitrogens with one attached hydrogen (secondary N) is 1. The Morgan fingerprint density at radius 1 is 1.10 bits per heavy atom. The third kappa shape index (κ3) is 5.46. The molecule has 0 radical (unpaired) electrons. The molecule has 0 unspecified atom stereocenters. The Labute approximate surface area is 177 Å². The molecule has 3 rings (SSSR count). The summed E-state index contributed by atoms with van der Waals surface area (Å²) in [7, 11) is -1.97. The number of hydrogen-bond acceptors (Lipinski definition) is 5. The number of carbonyl (C=O) groups excluding carboxylic acids is 1. The Hall–Kier alpha value is -2.71. The summed E-state index contributed by atoms with van der Waals surface area (Å²) in [6.45, 7) is 2.86. The lowest BCUT2D eigenvalue weighted by Crippen LogP contribution is -2.35. The van der Waals surface area contributed by atoms with E-state index < -0.39 is 15.9 Å². The fourth-order valence-corrected chi connectivity index (χ4v) is 4.90. The van der Waals surface area contributed by atoms with Gasteiger partial charge in [-0.05, 0) is 55.7 Å². The van der Waals surface area contributed by atoms with Gasteiger partial charge in [-0.15, -0.1) is 0 Å². The lowest BCUT2D eigenvalue weighted by atomic mass is 10.1. The van der Waals surface area contributed by atoms with Crippen molar-refractivity contribution in [3.8, 4) is 5.75 Å². The van der Waals surface area contributed by atoms with Gasteiger partial charge in [0.25, 0.3) is 5.91 Å². The fourth-order valence-electron chi connectivity index (χ4n) is 3.34. The lowest BCUT2D eigenvalue weighted by Gasteiger charge is -2.25. The van der Waals surface area contributed by atoms with E-state index in [-0.39, 0.29) is 10.5 Å². The first-order valence-electron chi connectivity index (χ1n) is 9.97. The van der Waals surface area contributed by atoms with Crippen LogP contribution in [0.25, 0.3) is 0 Å². The van der Waals surface area contributed by atoms with E-state index in [0.717, 1.165) is 36.3 Å². The summed E-state index contributed by atoms with van der Waals surface area (Å²) in [5.41, 5.74) is 4.54. The highest BCUT2D eigenvalue weighted by atomic mass is 32.2. The second-order valence-electron chi connectivity index (χ2n) is 7.31. The summed E-state index contributed by atoms with van der Waals surface area (Å²) < 4.78 is 32.3. The van der Waals surface area contributed by atoms with Crippen LogP contribution in [0, 0.1) is 0 Å². The molecule has 160 valence electrons. The van der Waals surface area contributed by atoms with E-state index in [1.165, 1.54) is 16.4 Å². The molecular formula is C22H27N3O4S. The maximum Gasteiger partial charge on any atom is 0.271 e. The monoisotopic (exact) mass is 429 g/mol. The number of amides is 1. The minimum atomic E-state index is -3.59. The molecule has 1 aliphatic heterocycles. The van der Waals surface area contributed by atoms with Crippen LogP contribution in [-0.2, 0) is 16.4 Å². The Balaban J connectivity index is 1.66. The first-order chi connectivity index (χ1) is 14.4. The van der Waals surface area contributed by atoms with Crippen LogP contribution in [0.2, 0.25) is 0 Å². The van der Waals surface area contributed by atoms with Crippen molar-refractivity contribution in [3.05, 3.63) is 59.7 Å². The molecule has 2 aromatic rings. The normalized spacial score (nSPS) is 15.6. The number of ether oxygens (including phenoxy) is 1. The van der Waals surface area contributed by atoms with Crippen molar-refractivity contribution in [3.63, 3.8) is 0 Å². The number of carbonyl (C=O) groups is 1. The number of benzene rings is 2. The lowest BCUT2D eigenvalue weighted by molar-refractivity contribution is 0.0954. The SMILES string of the molecule is COc1ccc(CC(C)=NNC(=O)c2cccc(S(=O)(=O)N3CCCCC3)c2)cc1. The summed E-state index contributed by atoms with van der Waals surface area (Å²) in [6.07, 6.45) is 3.35. The molecule has 0 atom stereocenters. The number of sulfonamides is 1. The summed E-state index contributed by atoms with van der Waals surface area (Å²) >= 11 is 0. The van der Waals surface area contributed by atoms with Gasteiger partial charge >= 0.3 is 0 Å². The molecule has 1 heterocycles. The number of rotatable bonds is 7. The van der Waals surface area contributed by atoms with E-state index >= 15 is 0 Å². The van der Waals surface area contributed by atoms with Crippen molar-refractivity contribution in [2.24, 2.45) is 5.10 Å². The molecule has 1 amide bonds. The third-order valence-corrected chi connectivity index (χ3v) is 6.91. The van der Waals surface area contributed by atoms with Crippen LogP contribution in [0.4, 0.5) is 0 Å². The minimum Gasteiger partial charge on any atom is -0.497 e. The Morgan fingerprint density at radius 2 is 1.80 bits per heavy atom. The van der Waals surface area contributed by atoms with Crippen LogP contribution in [-0.4, -0.2) is 44.5 Å².